The Bertz CT molecular complexity index is 343. The highest BCUT2D eigenvalue weighted by atomic mass is 32.2. The molecule has 68 valence electrons. The topological polar surface area (TPSA) is 30.7 Å². The second-order valence-corrected chi connectivity index (χ2v) is 3.91. The highest BCUT2D eigenvalue weighted by molar-refractivity contribution is 7.99. The lowest BCUT2D eigenvalue weighted by atomic mass is 10.7. The number of nitrogens with zero attached hydrogens (tertiary/aromatic N) is 3. The molecule has 1 aliphatic carbocycles. The fourth-order valence-corrected chi connectivity index (χ4v) is 1.91. The Hall–Kier alpha value is -0.950. The van der Waals surface area contributed by atoms with Gasteiger partial charge in [-0.15, -0.1) is 16.1 Å². The Morgan fingerprint density at radius 1 is 1.69 bits per heavy atom. The number of thioether (sulfide) groups is 1. The molecule has 0 atom stereocenters. The van der Waals surface area contributed by atoms with Crippen LogP contribution in [0.2, 0.25) is 0 Å². The average Bonchev–Trinajstić information content (AvgIpc) is 2.88. The predicted molar refractivity (Wildman–Crippen MR) is 52.5 cm³/mol. The van der Waals surface area contributed by atoms with Gasteiger partial charge in [-0.2, -0.15) is 0 Å². The van der Waals surface area contributed by atoms with Crippen LogP contribution in [0.5, 0.6) is 0 Å². The molecule has 0 amide bonds. The minimum Gasteiger partial charge on any atom is -0.305 e. The first-order valence-corrected chi connectivity index (χ1v) is 5.32. The van der Waals surface area contributed by atoms with Crippen molar-refractivity contribution in [2.24, 2.45) is 0 Å². The zero-order valence-corrected chi connectivity index (χ0v) is 8.34. The molecule has 1 aromatic heterocycles. The van der Waals surface area contributed by atoms with E-state index in [0.717, 1.165) is 10.9 Å². The molecule has 0 aliphatic heterocycles. The van der Waals surface area contributed by atoms with Gasteiger partial charge in [-0.05, 0) is 19.8 Å². The second kappa shape index (κ2) is 3.84. The van der Waals surface area contributed by atoms with Crippen LogP contribution in [-0.4, -0.2) is 20.5 Å². The quantitative estimate of drug-likeness (QED) is 0.541. The molecule has 0 radical (unpaired) electrons. The van der Waals surface area contributed by atoms with E-state index >= 15 is 0 Å². The summed E-state index contributed by atoms with van der Waals surface area (Å²) in [5.41, 5.74) is 0. The Labute approximate surface area is 81.9 Å². The van der Waals surface area contributed by atoms with E-state index in [4.69, 9.17) is 0 Å². The zero-order chi connectivity index (χ0) is 9.10. The second-order valence-electron chi connectivity index (χ2n) is 2.97. The molecule has 0 unspecified atom stereocenters. The van der Waals surface area contributed by atoms with E-state index in [0.29, 0.717) is 6.04 Å². The monoisotopic (exact) mass is 193 g/mol. The summed E-state index contributed by atoms with van der Waals surface area (Å²) in [6.07, 6.45) is 4.36. The smallest absolute Gasteiger partial charge is 0.192 e. The van der Waals surface area contributed by atoms with Gasteiger partial charge in [0.25, 0.3) is 0 Å². The minimum atomic E-state index is 0.659. The van der Waals surface area contributed by atoms with Crippen molar-refractivity contribution >= 4 is 11.8 Å². The molecule has 1 saturated carbocycles. The fraction of sp³-hybridized carbons (Fsp3) is 0.556. The summed E-state index contributed by atoms with van der Waals surface area (Å²) in [4.78, 5) is 0. The van der Waals surface area contributed by atoms with Crippen LogP contribution in [0.4, 0.5) is 0 Å². The summed E-state index contributed by atoms with van der Waals surface area (Å²) in [6, 6.07) is 0.659. The van der Waals surface area contributed by atoms with Crippen molar-refractivity contribution in [3.63, 3.8) is 0 Å². The van der Waals surface area contributed by atoms with Gasteiger partial charge in [-0.25, -0.2) is 0 Å². The molecule has 0 N–H and O–H groups in total. The van der Waals surface area contributed by atoms with Gasteiger partial charge >= 0.3 is 0 Å². The van der Waals surface area contributed by atoms with E-state index in [2.05, 4.69) is 26.6 Å². The molecule has 13 heavy (non-hydrogen) atoms. The Morgan fingerprint density at radius 3 is 3.23 bits per heavy atom. The van der Waals surface area contributed by atoms with Crippen molar-refractivity contribution in [3.8, 4) is 11.8 Å². The molecule has 0 spiro atoms. The molecule has 2 rings (SSSR count). The summed E-state index contributed by atoms with van der Waals surface area (Å²) >= 11 is 1.66. The van der Waals surface area contributed by atoms with Crippen molar-refractivity contribution in [1.29, 1.82) is 0 Å². The standard InChI is InChI=1S/C9H11N3S/c1-2-3-6-13-9-11-10-7-12(9)8-4-5-8/h7-8H,4-6H2,1H3. The van der Waals surface area contributed by atoms with Crippen LogP contribution < -0.4 is 0 Å². The SMILES string of the molecule is CC#CCSc1nncn1C1CC1. The lowest BCUT2D eigenvalue weighted by Crippen LogP contribution is -1.94. The molecule has 3 nitrogen and oxygen atoms in total. The summed E-state index contributed by atoms with van der Waals surface area (Å²) in [5.74, 6) is 6.68. The van der Waals surface area contributed by atoms with Gasteiger partial charge in [0.15, 0.2) is 5.16 Å². The maximum Gasteiger partial charge on any atom is 0.192 e. The Balaban J connectivity index is 2.00. The van der Waals surface area contributed by atoms with Crippen LogP contribution in [0, 0.1) is 11.8 Å². The fourth-order valence-electron chi connectivity index (χ4n) is 1.11. The molecule has 1 heterocycles. The van der Waals surface area contributed by atoms with E-state index in [1.165, 1.54) is 12.8 Å². The van der Waals surface area contributed by atoms with Crippen LogP contribution >= 0.6 is 11.8 Å². The summed E-state index contributed by atoms with van der Waals surface area (Å²) < 4.78 is 2.15. The summed E-state index contributed by atoms with van der Waals surface area (Å²) in [7, 11) is 0. The van der Waals surface area contributed by atoms with Crippen molar-refractivity contribution in [2.75, 3.05) is 5.75 Å². The molecule has 0 bridgehead atoms. The van der Waals surface area contributed by atoms with Gasteiger partial charge in [0.05, 0.1) is 5.75 Å². The van der Waals surface area contributed by atoms with Crippen LogP contribution in [-0.2, 0) is 0 Å². The Kier molecular flexibility index (Phi) is 2.55. The minimum absolute atomic E-state index is 0.659. The van der Waals surface area contributed by atoms with Gasteiger partial charge in [0.1, 0.15) is 6.33 Å². The molecule has 1 aromatic rings. The molecule has 4 heteroatoms. The van der Waals surface area contributed by atoms with Crippen molar-refractivity contribution in [3.05, 3.63) is 6.33 Å². The van der Waals surface area contributed by atoms with Crippen molar-refractivity contribution in [1.82, 2.24) is 14.8 Å². The van der Waals surface area contributed by atoms with Crippen LogP contribution in [0.25, 0.3) is 0 Å². The molecule has 0 aromatic carbocycles. The maximum absolute atomic E-state index is 4.06. The lowest BCUT2D eigenvalue weighted by Gasteiger charge is -2.00. The van der Waals surface area contributed by atoms with E-state index in [-0.39, 0.29) is 0 Å². The van der Waals surface area contributed by atoms with E-state index in [1.807, 2.05) is 13.3 Å². The van der Waals surface area contributed by atoms with Gasteiger partial charge in [0.2, 0.25) is 0 Å². The van der Waals surface area contributed by atoms with Gasteiger partial charge in [-0.1, -0.05) is 17.7 Å². The molecular formula is C9H11N3S. The molecule has 0 saturated heterocycles. The largest absolute Gasteiger partial charge is 0.305 e. The third kappa shape index (κ3) is 2.04. The Morgan fingerprint density at radius 2 is 2.54 bits per heavy atom. The van der Waals surface area contributed by atoms with Gasteiger partial charge in [0, 0.05) is 6.04 Å². The van der Waals surface area contributed by atoms with Crippen LogP contribution in [0.3, 0.4) is 0 Å². The number of hydrogen-bond acceptors (Lipinski definition) is 3. The van der Waals surface area contributed by atoms with E-state index in [9.17, 15) is 0 Å². The molecule has 1 fully saturated rings. The zero-order valence-electron chi connectivity index (χ0n) is 7.53. The van der Waals surface area contributed by atoms with E-state index in [1.54, 1.807) is 11.8 Å². The van der Waals surface area contributed by atoms with Crippen LogP contribution in [0.15, 0.2) is 11.5 Å². The summed E-state index contributed by atoms with van der Waals surface area (Å²) in [6.45, 7) is 1.85. The third-order valence-corrected chi connectivity index (χ3v) is 2.77. The normalized spacial score (nSPS) is 15.2. The average molecular weight is 193 g/mol. The first-order valence-electron chi connectivity index (χ1n) is 4.33. The maximum atomic E-state index is 4.06. The highest BCUT2D eigenvalue weighted by Crippen LogP contribution is 2.37. The first kappa shape index (κ1) is 8.64. The number of hydrogen-bond donors (Lipinski definition) is 0. The number of aromatic nitrogens is 3. The van der Waals surface area contributed by atoms with Crippen molar-refractivity contribution in [2.45, 2.75) is 31.0 Å². The number of rotatable bonds is 3. The predicted octanol–water partition coefficient (Wildman–Crippen LogP) is 1.73. The van der Waals surface area contributed by atoms with E-state index < -0.39 is 0 Å². The van der Waals surface area contributed by atoms with Gasteiger partial charge in [-0.3, -0.25) is 0 Å². The van der Waals surface area contributed by atoms with Crippen molar-refractivity contribution < 1.29 is 0 Å². The third-order valence-electron chi connectivity index (χ3n) is 1.93. The lowest BCUT2D eigenvalue weighted by molar-refractivity contribution is 0.663. The van der Waals surface area contributed by atoms with Crippen LogP contribution in [0.1, 0.15) is 25.8 Å². The molecule has 1 aliphatic rings. The molecular weight excluding hydrogens is 182 g/mol. The summed E-state index contributed by atoms with van der Waals surface area (Å²) in [5, 5.41) is 8.97. The van der Waals surface area contributed by atoms with Gasteiger partial charge < -0.3 is 4.57 Å². The first-order chi connectivity index (χ1) is 6.42. The highest BCUT2D eigenvalue weighted by Gasteiger charge is 2.25.